The molecule has 1 unspecified atom stereocenters. The normalized spacial score (nSPS) is 19.8. The number of aromatic nitrogens is 1. The van der Waals surface area contributed by atoms with Crippen LogP contribution < -0.4 is 0 Å². The molecule has 1 saturated heterocycles. The van der Waals surface area contributed by atoms with Crippen LogP contribution in [-0.4, -0.2) is 41.9 Å². The Labute approximate surface area is 185 Å². The fourth-order valence-electron chi connectivity index (χ4n) is 4.50. The zero-order valence-corrected chi connectivity index (χ0v) is 18.8. The lowest BCUT2D eigenvalue weighted by Gasteiger charge is -2.27. The monoisotopic (exact) mass is 456 g/mol. The van der Waals surface area contributed by atoms with Crippen LogP contribution >= 0.6 is 11.3 Å². The summed E-state index contributed by atoms with van der Waals surface area (Å²) in [6.07, 6.45) is 5.05. The largest absolute Gasteiger partial charge is 0.355 e. The van der Waals surface area contributed by atoms with Crippen molar-refractivity contribution in [3.05, 3.63) is 63.5 Å². The summed E-state index contributed by atoms with van der Waals surface area (Å²) in [7, 11) is -3.12. The summed E-state index contributed by atoms with van der Waals surface area (Å²) in [4.78, 5) is 16.0. The lowest BCUT2D eigenvalue weighted by atomic mass is 9.90. The Morgan fingerprint density at radius 2 is 2.00 bits per heavy atom. The lowest BCUT2D eigenvalue weighted by molar-refractivity contribution is 0.0672. The molecule has 3 heterocycles. The maximum atomic E-state index is 13.4. The van der Waals surface area contributed by atoms with E-state index in [0.717, 1.165) is 23.3 Å². The molecule has 31 heavy (non-hydrogen) atoms. The molecule has 1 fully saturated rings. The fourth-order valence-corrected chi connectivity index (χ4v) is 6.94. The highest BCUT2D eigenvalue weighted by atomic mass is 32.2. The van der Waals surface area contributed by atoms with Crippen molar-refractivity contribution >= 4 is 27.1 Å². The molecule has 8 heteroatoms. The predicted octanol–water partition coefficient (Wildman–Crippen LogP) is 4.11. The van der Waals surface area contributed by atoms with E-state index in [1.165, 1.54) is 24.0 Å². The fraction of sp³-hybridized carbons (Fsp3) is 0.391. The van der Waals surface area contributed by atoms with Gasteiger partial charge in [0.15, 0.2) is 21.3 Å². The van der Waals surface area contributed by atoms with E-state index < -0.39 is 9.84 Å². The molecule has 2 aliphatic rings. The van der Waals surface area contributed by atoms with Crippen molar-refractivity contribution in [2.75, 3.05) is 11.5 Å². The molecule has 0 saturated carbocycles. The first-order chi connectivity index (χ1) is 15.0. The molecule has 162 valence electrons. The number of hydrogen-bond donors (Lipinski definition) is 0. The van der Waals surface area contributed by atoms with Crippen molar-refractivity contribution in [2.24, 2.45) is 0 Å². The zero-order valence-electron chi connectivity index (χ0n) is 17.1. The molecule has 0 radical (unpaired) electrons. The number of fused-ring (bicyclic) bond motifs is 1. The van der Waals surface area contributed by atoms with E-state index in [4.69, 9.17) is 4.52 Å². The molecule has 2 aromatic heterocycles. The van der Waals surface area contributed by atoms with Gasteiger partial charge in [-0.3, -0.25) is 4.79 Å². The second kappa shape index (κ2) is 8.24. The molecule has 0 bridgehead atoms. The second-order valence-electron chi connectivity index (χ2n) is 8.34. The van der Waals surface area contributed by atoms with Crippen LogP contribution in [0.25, 0.3) is 11.3 Å². The van der Waals surface area contributed by atoms with Gasteiger partial charge < -0.3 is 9.42 Å². The summed E-state index contributed by atoms with van der Waals surface area (Å²) in [6, 6.07) is 11.5. The Morgan fingerprint density at radius 3 is 2.74 bits per heavy atom. The number of nitrogens with zero attached hydrogens (tertiary/aromatic N) is 2. The molecular formula is C23H24N2O4S2. The van der Waals surface area contributed by atoms with Gasteiger partial charge in [-0.05, 0) is 60.7 Å². The van der Waals surface area contributed by atoms with Gasteiger partial charge in [-0.1, -0.05) is 23.4 Å². The summed E-state index contributed by atoms with van der Waals surface area (Å²) < 4.78 is 29.6. The number of amides is 1. The molecule has 1 aliphatic heterocycles. The van der Waals surface area contributed by atoms with Crippen LogP contribution in [0.1, 0.15) is 45.8 Å². The average Bonchev–Trinajstić information content (AvgIpc) is 3.52. The Balaban J connectivity index is 1.41. The minimum absolute atomic E-state index is 0.000351. The number of rotatable bonds is 5. The van der Waals surface area contributed by atoms with Gasteiger partial charge in [-0.15, -0.1) is 11.3 Å². The van der Waals surface area contributed by atoms with Crippen molar-refractivity contribution in [1.29, 1.82) is 0 Å². The summed E-state index contributed by atoms with van der Waals surface area (Å²) in [5, 5.41) is 6.00. The van der Waals surface area contributed by atoms with Gasteiger partial charge in [-0.25, -0.2) is 8.42 Å². The van der Waals surface area contributed by atoms with Crippen molar-refractivity contribution in [3.63, 3.8) is 0 Å². The maximum absolute atomic E-state index is 13.4. The minimum atomic E-state index is -3.12. The highest BCUT2D eigenvalue weighted by Crippen LogP contribution is 2.29. The Kier molecular flexibility index (Phi) is 5.44. The first-order valence-corrected chi connectivity index (χ1v) is 13.3. The summed E-state index contributed by atoms with van der Waals surface area (Å²) in [5.74, 6) is 0.389. The van der Waals surface area contributed by atoms with Crippen LogP contribution in [0.5, 0.6) is 0 Å². The molecule has 1 amide bonds. The van der Waals surface area contributed by atoms with Crippen LogP contribution in [0.4, 0.5) is 0 Å². The second-order valence-corrected chi connectivity index (χ2v) is 11.6. The van der Waals surface area contributed by atoms with Gasteiger partial charge >= 0.3 is 0 Å². The Bertz CT molecular complexity index is 1200. The van der Waals surface area contributed by atoms with Crippen molar-refractivity contribution in [3.8, 4) is 11.3 Å². The van der Waals surface area contributed by atoms with Gasteiger partial charge in [0.1, 0.15) is 0 Å². The van der Waals surface area contributed by atoms with Crippen LogP contribution in [0, 0.1) is 0 Å². The molecular weight excluding hydrogens is 432 g/mol. The molecule has 3 aromatic rings. The predicted molar refractivity (Wildman–Crippen MR) is 120 cm³/mol. The molecule has 6 nitrogen and oxygen atoms in total. The number of thiophene rings is 1. The molecule has 0 N–H and O–H groups in total. The topological polar surface area (TPSA) is 80.5 Å². The zero-order chi connectivity index (χ0) is 21.4. The lowest BCUT2D eigenvalue weighted by Crippen LogP contribution is -2.40. The van der Waals surface area contributed by atoms with Crippen LogP contribution in [0.2, 0.25) is 0 Å². The van der Waals surface area contributed by atoms with Gasteiger partial charge in [0, 0.05) is 22.5 Å². The standard InChI is InChI=1S/C23H24N2O4S2/c26-23(25(14-20-6-3-10-30-20)19-9-11-31(27,28)15-19)21-13-22(29-24-21)18-8-7-16-4-1-2-5-17(16)12-18/h3,6-8,10,12-13,19H,1-2,4-5,9,11,14-15H2. The summed E-state index contributed by atoms with van der Waals surface area (Å²) in [6.45, 7) is 0.373. The maximum Gasteiger partial charge on any atom is 0.276 e. The number of benzene rings is 1. The number of sulfone groups is 1. The average molecular weight is 457 g/mol. The van der Waals surface area contributed by atoms with Crippen molar-refractivity contribution in [2.45, 2.75) is 44.7 Å². The van der Waals surface area contributed by atoms with Gasteiger partial charge in [0.05, 0.1) is 18.1 Å². The Morgan fingerprint density at radius 1 is 1.16 bits per heavy atom. The quantitative estimate of drug-likeness (QED) is 0.577. The van der Waals surface area contributed by atoms with E-state index in [1.807, 2.05) is 23.6 Å². The number of carbonyl (C=O) groups is 1. The van der Waals surface area contributed by atoms with Crippen molar-refractivity contribution < 1.29 is 17.7 Å². The smallest absolute Gasteiger partial charge is 0.276 e. The van der Waals surface area contributed by atoms with Gasteiger partial charge in [-0.2, -0.15) is 0 Å². The van der Waals surface area contributed by atoms with E-state index in [9.17, 15) is 13.2 Å². The van der Waals surface area contributed by atoms with E-state index in [1.54, 1.807) is 22.3 Å². The third kappa shape index (κ3) is 4.32. The SMILES string of the molecule is O=C(c1cc(-c2ccc3c(c2)CCCC3)on1)N(Cc1cccs1)C1CCS(=O)(=O)C1. The number of carbonyl (C=O) groups excluding carboxylic acids is 1. The van der Waals surface area contributed by atoms with Crippen LogP contribution in [0.3, 0.4) is 0 Å². The first kappa shape index (κ1) is 20.5. The van der Waals surface area contributed by atoms with Crippen LogP contribution in [-0.2, 0) is 29.2 Å². The number of aryl methyl sites for hydroxylation is 2. The molecule has 1 atom stereocenters. The highest BCUT2D eigenvalue weighted by molar-refractivity contribution is 7.91. The van der Waals surface area contributed by atoms with Gasteiger partial charge in [0.2, 0.25) is 0 Å². The van der Waals surface area contributed by atoms with E-state index in [-0.39, 0.29) is 29.1 Å². The summed E-state index contributed by atoms with van der Waals surface area (Å²) >= 11 is 1.55. The Hall–Kier alpha value is -2.45. The van der Waals surface area contributed by atoms with Gasteiger partial charge in [0.25, 0.3) is 5.91 Å². The minimum Gasteiger partial charge on any atom is -0.355 e. The van der Waals surface area contributed by atoms with E-state index >= 15 is 0 Å². The van der Waals surface area contributed by atoms with Crippen LogP contribution in [0.15, 0.2) is 46.3 Å². The molecule has 5 rings (SSSR count). The third-order valence-electron chi connectivity index (χ3n) is 6.18. The van der Waals surface area contributed by atoms with Crippen molar-refractivity contribution in [1.82, 2.24) is 10.1 Å². The van der Waals surface area contributed by atoms with E-state index in [0.29, 0.717) is 18.7 Å². The molecule has 1 aromatic carbocycles. The molecule has 0 spiro atoms. The third-order valence-corrected chi connectivity index (χ3v) is 8.79. The van der Waals surface area contributed by atoms with E-state index in [2.05, 4.69) is 17.3 Å². The summed E-state index contributed by atoms with van der Waals surface area (Å²) in [5.41, 5.74) is 3.85. The first-order valence-electron chi connectivity index (χ1n) is 10.6. The molecule has 1 aliphatic carbocycles. The number of hydrogen-bond acceptors (Lipinski definition) is 6. The highest BCUT2D eigenvalue weighted by Gasteiger charge is 2.36.